The maximum Gasteiger partial charge on any atom is 3.00 e. The van der Waals surface area contributed by atoms with Gasteiger partial charge in [-0.05, 0) is 58.9 Å². The summed E-state index contributed by atoms with van der Waals surface area (Å²) in [6, 6.07) is 38.7. The van der Waals surface area contributed by atoms with Gasteiger partial charge in [-0.15, -0.1) is 17.2 Å². The van der Waals surface area contributed by atoms with Crippen LogP contribution in [0.2, 0.25) is 0 Å². The number of benzene rings is 5. The molecule has 0 radical (unpaired) electrons. The van der Waals surface area contributed by atoms with Gasteiger partial charge in [0.25, 0.3) is 0 Å². The number of aromatic nitrogens is 2. The van der Waals surface area contributed by atoms with Crippen LogP contribution in [-0.4, -0.2) is 49.5 Å². The third-order valence-electron chi connectivity index (χ3n) is 7.46. The summed E-state index contributed by atoms with van der Waals surface area (Å²) >= 11 is 0. The van der Waals surface area contributed by atoms with Crippen molar-refractivity contribution in [2.75, 3.05) is 0 Å². The van der Waals surface area contributed by atoms with Crippen LogP contribution in [0.4, 0.5) is 0 Å². The van der Waals surface area contributed by atoms with Gasteiger partial charge in [-0.3, -0.25) is 9.97 Å². The molecule has 10 heteroatoms. The van der Waals surface area contributed by atoms with Crippen LogP contribution in [0.25, 0.3) is 21.8 Å². The number of pyridine rings is 2. The molecular formula is C43H39AlN2O7. The zero-order chi connectivity index (χ0) is 38.2. The smallest absolute Gasteiger partial charge is 0.872 e. The van der Waals surface area contributed by atoms with Gasteiger partial charge in [0.05, 0.1) is 22.2 Å². The van der Waals surface area contributed by atoms with Crippen molar-refractivity contribution in [3.63, 3.8) is 0 Å². The first-order valence-corrected chi connectivity index (χ1v) is 16.2. The Morgan fingerprint density at radius 2 is 0.736 bits per heavy atom. The van der Waals surface area contributed by atoms with Crippen LogP contribution in [0.15, 0.2) is 133 Å². The minimum Gasteiger partial charge on any atom is -0.872 e. The number of para-hydroxylation sites is 5. The van der Waals surface area contributed by atoms with Crippen molar-refractivity contribution < 1.29 is 35.1 Å². The molecule has 7 aromatic rings. The van der Waals surface area contributed by atoms with Crippen LogP contribution < -0.4 is 15.3 Å². The predicted molar refractivity (Wildman–Crippen MR) is 205 cm³/mol. The minimum atomic E-state index is -0.936. The topological polar surface area (TPSA) is 170 Å². The third-order valence-corrected chi connectivity index (χ3v) is 7.46. The SMILES string of the molecule is Cc1ccc2cccc(C(=O)O)c2n1.Cc1ccc2cccc(C(=O)O)c2n1.Cc1ccccc1[O-].Cc1ccccc1[O-].Cc1ccccc1[O-].[Al+3]. The molecule has 0 atom stereocenters. The summed E-state index contributed by atoms with van der Waals surface area (Å²) in [7, 11) is 0. The van der Waals surface area contributed by atoms with Crippen molar-refractivity contribution in [3.8, 4) is 17.2 Å². The number of fused-ring (bicyclic) bond motifs is 2. The van der Waals surface area contributed by atoms with Gasteiger partial charge in [0, 0.05) is 22.2 Å². The van der Waals surface area contributed by atoms with Crippen molar-refractivity contribution in [1.29, 1.82) is 0 Å². The van der Waals surface area contributed by atoms with Gasteiger partial charge in [0.1, 0.15) is 0 Å². The van der Waals surface area contributed by atoms with E-state index in [1.54, 1.807) is 60.7 Å². The van der Waals surface area contributed by atoms with Crippen molar-refractivity contribution in [2.24, 2.45) is 0 Å². The van der Waals surface area contributed by atoms with E-state index in [9.17, 15) is 24.9 Å². The first kappa shape index (κ1) is 43.0. The first-order valence-electron chi connectivity index (χ1n) is 16.2. The molecule has 0 spiro atoms. The summed E-state index contributed by atoms with van der Waals surface area (Å²) < 4.78 is 0. The standard InChI is InChI=1S/2C11H9NO2.3C7H8O.Al/c2*1-7-5-6-8-3-2-4-9(11(13)14)10(8)12-7;3*1-6-4-2-3-5-7(6)8;/h2*2-6H,1H3,(H,13,14);3*2-5,8H,1H3;/q;;;;;+3/p-3. The number of carboxylic acid groups (broad SMARTS) is 2. The maximum absolute atomic E-state index is 10.9. The number of hydrogen-bond acceptors (Lipinski definition) is 7. The van der Waals surface area contributed by atoms with Gasteiger partial charge in [0.15, 0.2) is 0 Å². The van der Waals surface area contributed by atoms with Gasteiger partial charge in [-0.25, -0.2) is 9.59 Å². The number of carboxylic acids is 2. The summed E-state index contributed by atoms with van der Waals surface area (Å²) in [5.41, 5.74) is 5.71. The Kier molecular flexibility index (Phi) is 17.2. The van der Waals surface area contributed by atoms with E-state index >= 15 is 0 Å². The van der Waals surface area contributed by atoms with E-state index < -0.39 is 11.9 Å². The molecule has 2 aromatic heterocycles. The second kappa shape index (κ2) is 21.2. The largest absolute Gasteiger partial charge is 3.00 e. The number of hydrogen-bond donors (Lipinski definition) is 2. The molecular weight excluding hydrogens is 683 g/mol. The molecule has 0 aliphatic heterocycles. The molecule has 7 rings (SSSR count). The van der Waals surface area contributed by atoms with E-state index in [1.807, 2.05) is 107 Å². The van der Waals surface area contributed by atoms with Crippen molar-refractivity contribution in [3.05, 3.63) is 173 Å². The zero-order valence-corrected chi connectivity index (χ0v) is 31.3. The quantitative estimate of drug-likeness (QED) is 0.174. The average molecular weight is 723 g/mol. The summed E-state index contributed by atoms with van der Waals surface area (Å²) in [4.78, 5) is 30.2. The molecule has 0 bridgehead atoms. The number of rotatable bonds is 2. The van der Waals surface area contributed by atoms with E-state index in [4.69, 9.17) is 10.2 Å². The molecule has 5 aromatic carbocycles. The Labute approximate surface area is 319 Å². The molecule has 9 nitrogen and oxygen atoms in total. The number of aryl methyl sites for hydroxylation is 5. The van der Waals surface area contributed by atoms with E-state index in [-0.39, 0.29) is 45.7 Å². The Hall–Kier alpha value is -6.21. The molecule has 266 valence electrons. The van der Waals surface area contributed by atoms with E-state index in [1.165, 1.54) is 0 Å². The zero-order valence-electron chi connectivity index (χ0n) is 30.1. The van der Waals surface area contributed by atoms with Gasteiger partial charge in [0.2, 0.25) is 0 Å². The molecule has 0 saturated heterocycles. The van der Waals surface area contributed by atoms with Gasteiger partial charge < -0.3 is 25.5 Å². The fraction of sp³-hybridized carbons (Fsp3) is 0.116. The van der Waals surface area contributed by atoms with Gasteiger partial charge in [-0.2, -0.15) is 0 Å². The molecule has 0 aliphatic carbocycles. The van der Waals surface area contributed by atoms with Gasteiger partial charge in [-0.1, -0.05) is 126 Å². The molecule has 0 unspecified atom stereocenters. The van der Waals surface area contributed by atoms with Crippen LogP contribution >= 0.6 is 0 Å². The van der Waals surface area contributed by atoms with Crippen molar-refractivity contribution >= 4 is 51.1 Å². The minimum absolute atomic E-state index is 0. The number of aromatic carboxylic acids is 2. The Morgan fingerprint density at radius 1 is 0.434 bits per heavy atom. The predicted octanol–water partition coefficient (Wildman–Crippen LogP) is 7.31. The second-order valence-corrected chi connectivity index (χ2v) is 11.6. The van der Waals surface area contributed by atoms with Crippen LogP contribution in [-0.2, 0) is 0 Å². The summed E-state index contributed by atoms with van der Waals surface area (Å²) in [5, 5.41) is 51.4. The Morgan fingerprint density at radius 3 is 0.981 bits per heavy atom. The van der Waals surface area contributed by atoms with Crippen LogP contribution in [0.5, 0.6) is 17.2 Å². The number of nitrogens with zero attached hydrogens (tertiary/aromatic N) is 2. The number of carbonyl (C=O) groups is 2. The van der Waals surface area contributed by atoms with E-state index in [0.29, 0.717) is 11.0 Å². The molecule has 0 amide bonds. The normalized spacial score (nSPS) is 9.60. The average Bonchev–Trinajstić information content (AvgIpc) is 3.12. The molecule has 0 aliphatic rings. The molecule has 53 heavy (non-hydrogen) atoms. The van der Waals surface area contributed by atoms with Crippen LogP contribution in [0.1, 0.15) is 48.8 Å². The van der Waals surface area contributed by atoms with Gasteiger partial charge >= 0.3 is 29.3 Å². The van der Waals surface area contributed by atoms with E-state index in [2.05, 4.69) is 9.97 Å². The molecule has 0 saturated carbocycles. The van der Waals surface area contributed by atoms with Crippen molar-refractivity contribution in [1.82, 2.24) is 9.97 Å². The maximum atomic E-state index is 10.9. The van der Waals surface area contributed by atoms with Crippen LogP contribution in [0.3, 0.4) is 0 Å². The summed E-state index contributed by atoms with van der Waals surface area (Å²) in [5.74, 6) is -1.52. The molecule has 2 N–H and O–H groups in total. The Bertz CT molecular complexity index is 2010. The molecule has 0 fully saturated rings. The monoisotopic (exact) mass is 722 g/mol. The third kappa shape index (κ3) is 13.5. The van der Waals surface area contributed by atoms with Crippen LogP contribution in [0, 0.1) is 34.6 Å². The summed E-state index contributed by atoms with van der Waals surface area (Å²) in [6.45, 7) is 9.11. The fourth-order valence-electron chi connectivity index (χ4n) is 4.50. The second-order valence-electron chi connectivity index (χ2n) is 11.6. The first-order chi connectivity index (χ1) is 24.8. The Balaban J connectivity index is 0.000000234. The molecule has 2 heterocycles. The summed E-state index contributed by atoms with van der Waals surface area (Å²) in [6.07, 6.45) is 0. The van der Waals surface area contributed by atoms with Crippen molar-refractivity contribution in [2.45, 2.75) is 34.6 Å². The van der Waals surface area contributed by atoms with E-state index in [0.717, 1.165) is 38.9 Å². The fourth-order valence-corrected chi connectivity index (χ4v) is 4.50.